The standard InChI is InChI=1S/C36H37N5O2/c1-2-31(26-9-5-3-6-10-26)39-35(42)28-13-16-32-30(23-28)33(36(43)40-32)34(27-17-19-37-20-18-27)38-29-14-11-25(12-15-29)24-41-21-7-4-8-22-41/h3,5-6,9-20,23,31,40,43H,2,4,7-8,21-22,24H2,1H3,(H,39,42)/t31-/m0/s1. The van der Waals surface area contributed by atoms with E-state index in [1.807, 2.05) is 66.7 Å². The fourth-order valence-corrected chi connectivity index (χ4v) is 5.86. The Bertz CT molecular complexity index is 1710. The quantitative estimate of drug-likeness (QED) is 0.162. The lowest BCUT2D eigenvalue weighted by atomic mass is 9.99. The first-order valence-electron chi connectivity index (χ1n) is 15.1. The number of nitrogens with zero attached hydrogens (tertiary/aromatic N) is 3. The molecule has 0 bridgehead atoms. The molecular formula is C36H37N5O2. The fraction of sp³-hybridized carbons (Fsp3) is 0.250. The molecular weight excluding hydrogens is 534 g/mol. The number of fused-ring (bicyclic) bond motifs is 1. The molecule has 7 nitrogen and oxygen atoms in total. The molecule has 6 rings (SSSR count). The number of aliphatic imine (C=N–C) groups is 1. The first-order valence-corrected chi connectivity index (χ1v) is 15.1. The van der Waals surface area contributed by atoms with E-state index >= 15 is 0 Å². The average molecular weight is 572 g/mol. The van der Waals surface area contributed by atoms with E-state index in [0.29, 0.717) is 16.8 Å². The first kappa shape index (κ1) is 28.4. The van der Waals surface area contributed by atoms with E-state index in [-0.39, 0.29) is 17.8 Å². The van der Waals surface area contributed by atoms with Gasteiger partial charge in [0.25, 0.3) is 5.91 Å². The average Bonchev–Trinajstić information content (AvgIpc) is 3.39. The van der Waals surface area contributed by atoms with E-state index in [1.165, 1.54) is 24.8 Å². The Balaban J connectivity index is 1.34. The van der Waals surface area contributed by atoms with Gasteiger partial charge in [0.05, 0.1) is 23.0 Å². The SMILES string of the molecule is CC[C@H](NC(=O)c1ccc2[nH]c(O)c(C(=Nc3ccc(CN4CCCCC4)cc3)c3ccncc3)c2c1)c1ccccc1. The van der Waals surface area contributed by atoms with E-state index in [9.17, 15) is 9.90 Å². The highest BCUT2D eigenvalue weighted by Crippen LogP contribution is 2.32. The topological polar surface area (TPSA) is 93.6 Å². The van der Waals surface area contributed by atoms with Crippen molar-refractivity contribution in [2.45, 2.75) is 45.2 Å². The number of hydrogen-bond donors (Lipinski definition) is 3. The van der Waals surface area contributed by atoms with Crippen LogP contribution in [-0.4, -0.2) is 44.7 Å². The number of aromatic hydroxyl groups is 1. The van der Waals surface area contributed by atoms with Gasteiger partial charge in [-0.1, -0.05) is 55.8 Å². The summed E-state index contributed by atoms with van der Waals surface area (Å²) in [7, 11) is 0. The minimum Gasteiger partial charge on any atom is -0.494 e. The maximum atomic E-state index is 13.4. The van der Waals surface area contributed by atoms with Crippen LogP contribution in [0.25, 0.3) is 10.9 Å². The second-order valence-electron chi connectivity index (χ2n) is 11.2. The maximum absolute atomic E-state index is 13.4. The van der Waals surface area contributed by atoms with E-state index in [1.54, 1.807) is 18.5 Å². The highest BCUT2D eigenvalue weighted by Gasteiger charge is 2.21. The molecule has 1 fully saturated rings. The third kappa shape index (κ3) is 6.52. The normalized spacial score (nSPS) is 15.0. The van der Waals surface area contributed by atoms with E-state index < -0.39 is 0 Å². The smallest absolute Gasteiger partial charge is 0.251 e. The summed E-state index contributed by atoms with van der Waals surface area (Å²) in [6, 6.07) is 27.4. The fourth-order valence-electron chi connectivity index (χ4n) is 5.86. The highest BCUT2D eigenvalue weighted by atomic mass is 16.3. The van der Waals surface area contributed by atoms with Crippen molar-refractivity contribution in [3.05, 3.63) is 125 Å². The van der Waals surface area contributed by atoms with Gasteiger partial charge in [0.2, 0.25) is 0 Å². The molecule has 218 valence electrons. The van der Waals surface area contributed by atoms with Crippen LogP contribution in [0.5, 0.6) is 5.88 Å². The second kappa shape index (κ2) is 13.0. The van der Waals surface area contributed by atoms with Gasteiger partial charge < -0.3 is 15.4 Å². The van der Waals surface area contributed by atoms with E-state index in [0.717, 1.165) is 53.8 Å². The van der Waals surface area contributed by atoms with Crippen molar-refractivity contribution in [3.8, 4) is 5.88 Å². The molecule has 1 saturated heterocycles. The third-order valence-corrected chi connectivity index (χ3v) is 8.18. The molecule has 3 aromatic carbocycles. The minimum atomic E-state index is -0.170. The number of amides is 1. The molecule has 1 aliphatic heterocycles. The molecule has 1 amide bonds. The molecule has 1 aliphatic rings. The Labute approximate surface area is 252 Å². The molecule has 5 aromatic rings. The van der Waals surface area contributed by atoms with Crippen LogP contribution in [0, 0.1) is 0 Å². The van der Waals surface area contributed by atoms with Crippen molar-refractivity contribution >= 4 is 28.2 Å². The zero-order chi connectivity index (χ0) is 29.6. The number of H-pyrrole nitrogens is 1. The zero-order valence-electron chi connectivity index (χ0n) is 24.5. The van der Waals surface area contributed by atoms with Crippen molar-refractivity contribution in [1.29, 1.82) is 0 Å². The number of pyridine rings is 1. The van der Waals surface area contributed by atoms with Crippen molar-refractivity contribution in [1.82, 2.24) is 20.2 Å². The summed E-state index contributed by atoms with van der Waals surface area (Å²) in [5.41, 5.74) is 6.30. The van der Waals surface area contributed by atoms with Crippen LogP contribution < -0.4 is 5.32 Å². The van der Waals surface area contributed by atoms with Crippen LogP contribution in [0.3, 0.4) is 0 Å². The number of rotatable bonds is 9. The lowest BCUT2D eigenvalue weighted by molar-refractivity contribution is 0.0935. The number of hydrogen-bond acceptors (Lipinski definition) is 5. The van der Waals surface area contributed by atoms with Gasteiger partial charge in [-0.2, -0.15) is 0 Å². The Morgan fingerprint density at radius 2 is 1.70 bits per heavy atom. The molecule has 2 aromatic heterocycles. The first-order chi connectivity index (χ1) is 21.1. The lowest BCUT2D eigenvalue weighted by Gasteiger charge is -2.26. The molecule has 0 spiro atoms. The number of aromatic nitrogens is 2. The van der Waals surface area contributed by atoms with Gasteiger partial charge in [-0.05, 0) is 85.9 Å². The summed E-state index contributed by atoms with van der Waals surface area (Å²) in [4.78, 5) is 28.2. The zero-order valence-corrected chi connectivity index (χ0v) is 24.5. The van der Waals surface area contributed by atoms with Gasteiger partial charge in [0.1, 0.15) is 0 Å². The monoisotopic (exact) mass is 571 g/mol. The van der Waals surface area contributed by atoms with Crippen LogP contribution in [-0.2, 0) is 6.54 Å². The van der Waals surface area contributed by atoms with Crippen LogP contribution >= 0.6 is 0 Å². The van der Waals surface area contributed by atoms with Gasteiger partial charge in [-0.15, -0.1) is 0 Å². The van der Waals surface area contributed by atoms with Crippen molar-refractivity contribution in [3.63, 3.8) is 0 Å². The number of likely N-dealkylation sites (tertiary alicyclic amines) is 1. The predicted molar refractivity (Wildman–Crippen MR) is 172 cm³/mol. The molecule has 43 heavy (non-hydrogen) atoms. The van der Waals surface area contributed by atoms with Gasteiger partial charge in [-0.25, -0.2) is 4.99 Å². The minimum absolute atomic E-state index is 0.000518. The van der Waals surface area contributed by atoms with Crippen LogP contribution in [0.4, 0.5) is 5.69 Å². The number of carbonyl (C=O) groups is 1. The molecule has 0 saturated carbocycles. The highest BCUT2D eigenvalue weighted by molar-refractivity contribution is 6.22. The van der Waals surface area contributed by atoms with Crippen molar-refractivity contribution < 1.29 is 9.90 Å². The van der Waals surface area contributed by atoms with Gasteiger partial charge in [0.15, 0.2) is 5.88 Å². The second-order valence-corrected chi connectivity index (χ2v) is 11.2. The molecule has 7 heteroatoms. The van der Waals surface area contributed by atoms with Crippen LogP contribution in [0.1, 0.15) is 71.3 Å². The molecule has 0 unspecified atom stereocenters. The largest absolute Gasteiger partial charge is 0.494 e. The summed E-state index contributed by atoms with van der Waals surface area (Å²) in [6.45, 7) is 5.30. The molecule has 3 N–H and O–H groups in total. The Morgan fingerprint density at radius 1 is 0.953 bits per heavy atom. The Kier molecular flexibility index (Phi) is 8.61. The predicted octanol–water partition coefficient (Wildman–Crippen LogP) is 7.30. The summed E-state index contributed by atoms with van der Waals surface area (Å²) in [5.74, 6) is -0.170. The number of piperidine rings is 1. The van der Waals surface area contributed by atoms with Gasteiger partial charge >= 0.3 is 0 Å². The number of nitrogens with one attached hydrogen (secondary N) is 2. The van der Waals surface area contributed by atoms with Gasteiger partial charge in [-0.3, -0.25) is 14.7 Å². The number of carbonyl (C=O) groups excluding carboxylic acids is 1. The Hall–Kier alpha value is -4.75. The maximum Gasteiger partial charge on any atom is 0.251 e. The van der Waals surface area contributed by atoms with Crippen LogP contribution in [0.15, 0.2) is 102 Å². The molecule has 1 atom stereocenters. The van der Waals surface area contributed by atoms with Gasteiger partial charge in [0, 0.05) is 41.0 Å². The van der Waals surface area contributed by atoms with Crippen molar-refractivity contribution in [2.75, 3.05) is 13.1 Å². The van der Waals surface area contributed by atoms with Crippen LogP contribution in [0.2, 0.25) is 0 Å². The molecule has 0 radical (unpaired) electrons. The Morgan fingerprint density at radius 3 is 2.42 bits per heavy atom. The third-order valence-electron chi connectivity index (χ3n) is 8.18. The summed E-state index contributed by atoms with van der Waals surface area (Å²) < 4.78 is 0. The van der Waals surface area contributed by atoms with Crippen molar-refractivity contribution in [2.24, 2.45) is 4.99 Å². The van der Waals surface area contributed by atoms with E-state index in [4.69, 9.17) is 4.99 Å². The lowest BCUT2D eigenvalue weighted by Crippen LogP contribution is -2.28. The molecule has 3 heterocycles. The summed E-state index contributed by atoms with van der Waals surface area (Å²) in [6.07, 6.45) is 8.05. The summed E-state index contributed by atoms with van der Waals surface area (Å²) >= 11 is 0. The summed E-state index contributed by atoms with van der Waals surface area (Å²) in [5, 5.41) is 15.1. The van der Waals surface area contributed by atoms with E-state index in [2.05, 4.69) is 39.2 Å². The molecule has 0 aliphatic carbocycles. The number of aromatic amines is 1. The number of benzene rings is 3.